The van der Waals surface area contributed by atoms with Gasteiger partial charge in [0.25, 0.3) is 0 Å². The second kappa shape index (κ2) is 54.9. The molecule has 382 valence electrons. The smallest absolute Gasteiger partial charge is 0.306 e. The first-order valence-corrected chi connectivity index (χ1v) is 27.7. The largest absolute Gasteiger partial charge is 0.462 e. The Hall–Kier alpha value is -3.67. The van der Waals surface area contributed by atoms with Gasteiger partial charge in [-0.15, -0.1) is 0 Å². The standard InChI is InChI=1S/C61H102O6/c1-4-7-10-13-16-19-22-25-28-30-33-35-38-41-44-47-50-53-59(62)65-56-58(67-61(64)55-52-49-46-43-40-37-32-27-24-21-18-15-12-9-6-3)57-66-60(63)54-51-48-45-42-39-36-34-31-29-26-23-20-17-14-11-8-5-2/h7,9-10,12,16,18-19,21,25,27-28,32-33,35,41,44,58H,4-6,8,11,13-15,17,20,22-24,26,29-31,34,36-40,42-43,45-57H2,1-3H3/b10-7-,12-9-,19-16-,21-18-,28-25-,32-27-,35-33-,44-41-/t58-/m1/s1. The molecule has 0 aliphatic rings. The van der Waals surface area contributed by atoms with Gasteiger partial charge in [-0.3, -0.25) is 14.4 Å². The van der Waals surface area contributed by atoms with Gasteiger partial charge in [0, 0.05) is 19.3 Å². The van der Waals surface area contributed by atoms with Gasteiger partial charge in [-0.1, -0.05) is 240 Å². The molecule has 0 saturated carbocycles. The lowest BCUT2D eigenvalue weighted by Crippen LogP contribution is -2.30. The third-order valence-corrected chi connectivity index (χ3v) is 11.6. The van der Waals surface area contributed by atoms with Crippen molar-refractivity contribution in [3.63, 3.8) is 0 Å². The zero-order valence-electron chi connectivity index (χ0n) is 43.6. The molecule has 0 amide bonds. The fraction of sp³-hybridized carbons (Fsp3) is 0.689. The van der Waals surface area contributed by atoms with E-state index in [4.69, 9.17) is 14.2 Å². The zero-order chi connectivity index (χ0) is 48.6. The number of unbranched alkanes of at least 4 members (excludes halogenated alkanes) is 22. The van der Waals surface area contributed by atoms with Crippen LogP contribution >= 0.6 is 0 Å². The highest BCUT2D eigenvalue weighted by Gasteiger charge is 2.19. The lowest BCUT2D eigenvalue weighted by atomic mass is 10.0. The van der Waals surface area contributed by atoms with Crippen molar-refractivity contribution in [2.75, 3.05) is 13.2 Å². The predicted molar refractivity (Wildman–Crippen MR) is 288 cm³/mol. The van der Waals surface area contributed by atoms with Crippen LogP contribution in [-0.4, -0.2) is 37.2 Å². The van der Waals surface area contributed by atoms with E-state index in [1.165, 1.54) is 89.9 Å². The molecule has 0 aliphatic heterocycles. The molecule has 0 radical (unpaired) electrons. The van der Waals surface area contributed by atoms with E-state index in [-0.39, 0.29) is 37.5 Å². The average molecular weight is 931 g/mol. The quantitative estimate of drug-likeness (QED) is 0.0262. The summed E-state index contributed by atoms with van der Waals surface area (Å²) in [7, 11) is 0. The summed E-state index contributed by atoms with van der Waals surface area (Å²) in [6.07, 6.45) is 72.6. The van der Waals surface area contributed by atoms with Crippen LogP contribution < -0.4 is 0 Å². The highest BCUT2D eigenvalue weighted by molar-refractivity contribution is 5.71. The van der Waals surface area contributed by atoms with Crippen LogP contribution in [0, 0.1) is 0 Å². The Balaban J connectivity index is 4.48. The van der Waals surface area contributed by atoms with Crippen LogP contribution in [0.3, 0.4) is 0 Å². The molecule has 0 aliphatic carbocycles. The molecule has 0 aromatic heterocycles. The number of carbonyl (C=O) groups is 3. The van der Waals surface area contributed by atoms with E-state index >= 15 is 0 Å². The minimum atomic E-state index is -0.809. The number of hydrogen-bond donors (Lipinski definition) is 0. The van der Waals surface area contributed by atoms with Crippen molar-refractivity contribution in [2.24, 2.45) is 0 Å². The van der Waals surface area contributed by atoms with Gasteiger partial charge in [-0.2, -0.15) is 0 Å². The van der Waals surface area contributed by atoms with Gasteiger partial charge in [0.15, 0.2) is 6.10 Å². The summed E-state index contributed by atoms with van der Waals surface area (Å²) in [6, 6.07) is 0. The number of esters is 3. The summed E-state index contributed by atoms with van der Waals surface area (Å²) in [6.45, 7) is 6.36. The number of ether oxygens (including phenoxy) is 3. The van der Waals surface area contributed by atoms with Gasteiger partial charge >= 0.3 is 17.9 Å². The van der Waals surface area contributed by atoms with E-state index in [2.05, 4.69) is 118 Å². The van der Waals surface area contributed by atoms with Crippen LogP contribution in [-0.2, 0) is 28.6 Å². The Morgan fingerprint density at radius 1 is 0.313 bits per heavy atom. The SMILES string of the molecule is CC/C=C\C/C=C\C/C=C\C/C=C\C/C=C\CCCC(=O)OC[C@H](COC(=O)CCCCCCCCCCCCCCCCCCC)OC(=O)CCCCCCC/C=C\C/C=C\C/C=C\CC. The molecule has 0 bridgehead atoms. The number of rotatable bonds is 49. The van der Waals surface area contributed by atoms with Crippen molar-refractivity contribution < 1.29 is 28.6 Å². The minimum absolute atomic E-state index is 0.101. The monoisotopic (exact) mass is 931 g/mol. The molecular formula is C61H102O6. The molecule has 67 heavy (non-hydrogen) atoms. The van der Waals surface area contributed by atoms with Crippen molar-refractivity contribution in [3.05, 3.63) is 97.2 Å². The fourth-order valence-electron chi connectivity index (χ4n) is 7.49. The van der Waals surface area contributed by atoms with Crippen LogP contribution in [0.2, 0.25) is 0 Å². The van der Waals surface area contributed by atoms with Crippen LogP contribution in [0.15, 0.2) is 97.2 Å². The van der Waals surface area contributed by atoms with Crippen molar-refractivity contribution in [2.45, 2.75) is 258 Å². The Bertz CT molecular complexity index is 1350. The first-order chi connectivity index (χ1) is 33.0. The van der Waals surface area contributed by atoms with E-state index in [1.807, 2.05) is 0 Å². The molecule has 6 nitrogen and oxygen atoms in total. The van der Waals surface area contributed by atoms with Crippen LogP contribution in [0.5, 0.6) is 0 Å². The first kappa shape index (κ1) is 63.3. The second-order valence-corrected chi connectivity index (χ2v) is 18.1. The molecule has 0 unspecified atom stereocenters. The molecule has 1 atom stereocenters. The Morgan fingerprint density at radius 3 is 0.970 bits per heavy atom. The molecule has 6 heteroatoms. The summed E-state index contributed by atoms with van der Waals surface area (Å²) >= 11 is 0. The third kappa shape index (κ3) is 53.2. The lowest BCUT2D eigenvalue weighted by molar-refractivity contribution is -0.167. The summed E-state index contributed by atoms with van der Waals surface area (Å²) in [5.74, 6) is -0.976. The summed E-state index contributed by atoms with van der Waals surface area (Å²) in [5.41, 5.74) is 0. The van der Waals surface area contributed by atoms with E-state index in [0.29, 0.717) is 19.3 Å². The Morgan fingerprint density at radius 2 is 0.597 bits per heavy atom. The summed E-state index contributed by atoms with van der Waals surface area (Å²) in [5, 5.41) is 0. The van der Waals surface area contributed by atoms with Crippen molar-refractivity contribution in [1.29, 1.82) is 0 Å². The molecule has 0 aromatic rings. The normalized spacial score (nSPS) is 12.8. The van der Waals surface area contributed by atoms with Crippen molar-refractivity contribution in [3.8, 4) is 0 Å². The predicted octanol–water partition coefficient (Wildman–Crippen LogP) is 18.5. The minimum Gasteiger partial charge on any atom is -0.462 e. The summed E-state index contributed by atoms with van der Waals surface area (Å²) < 4.78 is 16.8. The second-order valence-electron chi connectivity index (χ2n) is 18.1. The maximum atomic E-state index is 12.8. The Labute approximate surface area is 413 Å². The lowest BCUT2D eigenvalue weighted by Gasteiger charge is -2.18. The fourth-order valence-corrected chi connectivity index (χ4v) is 7.49. The molecule has 0 fully saturated rings. The highest BCUT2D eigenvalue weighted by atomic mass is 16.6. The maximum absolute atomic E-state index is 12.8. The third-order valence-electron chi connectivity index (χ3n) is 11.6. The topological polar surface area (TPSA) is 78.9 Å². The molecule has 0 spiro atoms. The van der Waals surface area contributed by atoms with Gasteiger partial charge in [0.05, 0.1) is 0 Å². The molecular weight excluding hydrogens is 829 g/mol. The maximum Gasteiger partial charge on any atom is 0.306 e. The van der Waals surface area contributed by atoms with Crippen LogP contribution in [0.25, 0.3) is 0 Å². The molecule has 0 aromatic carbocycles. The molecule has 0 rings (SSSR count). The van der Waals surface area contributed by atoms with Crippen molar-refractivity contribution >= 4 is 17.9 Å². The molecule has 0 N–H and O–H groups in total. The first-order valence-electron chi connectivity index (χ1n) is 27.7. The molecule has 0 saturated heterocycles. The van der Waals surface area contributed by atoms with Gasteiger partial charge in [-0.05, 0) is 89.9 Å². The number of hydrogen-bond acceptors (Lipinski definition) is 6. The Kier molecular flexibility index (Phi) is 51.9. The number of allylic oxidation sites excluding steroid dienone is 16. The van der Waals surface area contributed by atoms with Gasteiger partial charge < -0.3 is 14.2 Å². The summed E-state index contributed by atoms with van der Waals surface area (Å²) in [4.78, 5) is 38.1. The van der Waals surface area contributed by atoms with E-state index < -0.39 is 6.10 Å². The van der Waals surface area contributed by atoms with E-state index in [9.17, 15) is 14.4 Å². The van der Waals surface area contributed by atoms with Crippen LogP contribution in [0.4, 0.5) is 0 Å². The molecule has 0 heterocycles. The number of carbonyl (C=O) groups excluding carboxylic acids is 3. The van der Waals surface area contributed by atoms with Gasteiger partial charge in [0.1, 0.15) is 13.2 Å². The highest BCUT2D eigenvalue weighted by Crippen LogP contribution is 2.15. The average Bonchev–Trinajstić information content (AvgIpc) is 3.33. The van der Waals surface area contributed by atoms with Gasteiger partial charge in [-0.25, -0.2) is 0 Å². The van der Waals surface area contributed by atoms with Crippen molar-refractivity contribution in [1.82, 2.24) is 0 Å². The van der Waals surface area contributed by atoms with E-state index in [0.717, 1.165) is 116 Å². The van der Waals surface area contributed by atoms with Gasteiger partial charge in [0.2, 0.25) is 0 Å². The van der Waals surface area contributed by atoms with Crippen LogP contribution in [0.1, 0.15) is 252 Å². The zero-order valence-corrected chi connectivity index (χ0v) is 43.6. The van der Waals surface area contributed by atoms with E-state index in [1.54, 1.807) is 0 Å².